The minimum Gasteiger partial charge on any atom is -0.486 e. The van der Waals surface area contributed by atoms with Crippen LogP contribution in [0.5, 0.6) is 11.5 Å². The molecule has 0 unspecified atom stereocenters. The SMILES string of the molecule is Cc1c(CCCO)c(Cl)cc2c1OCCO2. The highest BCUT2D eigenvalue weighted by Gasteiger charge is 2.19. The van der Waals surface area contributed by atoms with Crippen LogP contribution in [0.2, 0.25) is 5.02 Å². The average molecular weight is 243 g/mol. The number of aliphatic hydroxyl groups excluding tert-OH is 1. The number of hydrogen-bond donors (Lipinski definition) is 1. The van der Waals surface area contributed by atoms with Crippen molar-refractivity contribution >= 4 is 11.6 Å². The molecule has 1 aromatic carbocycles. The number of rotatable bonds is 3. The standard InChI is InChI=1S/C12H15ClO3/c1-8-9(3-2-4-14)10(13)7-11-12(8)16-6-5-15-11/h7,14H,2-6H2,1H3. The van der Waals surface area contributed by atoms with Gasteiger partial charge in [0.05, 0.1) is 0 Å². The van der Waals surface area contributed by atoms with Crippen LogP contribution in [0, 0.1) is 6.92 Å². The van der Waals surface area contributed by atoms with Gasteiger partial charge in [-0.2, -0.15) is 0 Å². The zero-order valence-electron chi connectivity index (χ0n) is 9.25. The fourth-order valence-electron chi connectivity index (χ4n) is 1.91. The summed E-state index contributed by atoms with van der Waals surface area (Å²) in [6.07, 6.45) is 1.47. The first-order chi connectivity index (χ1) is 7.74. The van der Waals surface area contributed by atoms with Crippen LogP contribution in [0.4, 0.5) is 0 Å². The Morgan fingerprint density at radius 3 is 2.88 bits per heavy atom. The minimum absolute atomic E-state index is 0.171. The third-order valence-electron chi connectivity index (χ3n) is 2.74. The highest BCUT2D eigenvalue weighted by Crippen LogP contribution is 2.39. The zero-order chi connectivity index (χ0) is 11.5. The van der Waals surface area contributed by atoms with Gasteiger partial charge in [-0.1, -0.05) is 11.6 Å². The van der Waals surface area contributed by atoms with Crippen LogP contribution in [0.15, 0.2) is 6.07 Å². The monoisotopic (exact) mass is 242 g/mol. The number of halogens is 1. The Morgan fingerprint density at radius 2 is 2.12 bits per heavy atom. The van der Waals surface area contributed by atoms with E-state index in [1.807, 2.05) is 6.92 Å². The van der Waals surface area contributed by atoms with Crippen molar-refractivity contribution in [3.05, 3.63) is 22.2 Å². The Morgan fingerprint density at radius 1 is 1.38 bits per heavy atom. The topological polar surface area (TPSA) is 38.7 Å². The van der Waals surface area contributed by atoms with Crippen molar-refractivity contribution in [3.8, 4) is 11.5 Å². The largest absolute Gasteiger partial charge is 0.486 e. The van der Waals surface area contributed by atoms with Crippen LogP contribution in [0.1, 0.15) is 17.5 Å². The van der Waals surface area contributed by atoms with Gasteiger partial charge >= 0.3 is 0 Å². The van der Waals surface area contributed by atoms with Crippen LogP contribution in [0.3, 0.4) is 0 Å². The second-order valence-electron chi connectivity index (χ2n) is 3.81. The number of hydrogen-bond acceptors (Lipinski definition) is 3. The predicted molar refractivity (Wildman–Crippen MR) is 62.6 cm³/mol. The van der Waals surface area contributed by atoms with Gasteiger partial charge < -0.3 is 14.6 Å². The molecule has 3 nitrogen and oxygen atoms in total. The maximum atomic E-state index is 8.85. The number of fused-ring (bicyclic) bond motifs is 1. The smallest absolute Gasteiger partial charge is 0.164 e. The van der Waals surface area contributed by atoms with Crippen LogP contribution in [0.25, 0.3) is 0 Å². The van der Waals surface area contributed by atoms with Crippen LogP contribution in [-0.2, 0) is 6.42 Å². The molecule has 88 valence electrons. The first-order valence-corrected chi connectivity index (χ1v) is 5.80. The van der Waals surface area contributed by atoms with Crippen molar-refractivity contribution < 1.29 is 14.6 Å². The van der Waals surface area contributed by atoms with Gasteiger partial charge in [0.15, 0.2) is 11.5 Å². The minimum atomic E-state index is 0.171. The van der Waals surface area contributed by atoms with Crippen molar-refractivity contribution in [2.75, 3.05) is 19.8 Å². The Labute approximate surface area is 99.9 Å². The molecule has 0 radical (unpaired) electrons. The molecule has 0 saturated carbocycles. The van der Waals surface area contributed by atoms with Crippen molar-refractivity contribution in [1.29, 1.82) is 0 Å². The molecule has 0 fully saturated rings. The lowest BCUT2D eigenvalue weighted by atomic mass is 10.0. The van der Waals surface area contributed by atoms with E-state index in [0.29, 0.717) is 24.7 Å². The Bertz CT molecular complexity index is 390. The molecule has 16 heavy (non-hydrogen) atoms. The first kappa shape index (κ1) is 11.6. The van der Waals surface area contributed by atoms with Gasteiger partial charge in [-0.3, -0.25) is 0 Å². The van der Waals surface area contributed by atoms with Gasteiger partial charge in [0, 0.05) is 17.7 Å². The molecule has 1 aliphatic rings. The Balaban J connectivity index is 2.37. The van der Waals surface area contributed by atoms with Crippen molar-refractivity contribution in [2.45, 2.75) is 19.8 Å². The zero-order valence-corrected chi connectivity index (χ0v) is 10.0. The number of ether oxygens (including phenoxy) is 2. The van der Waals surface area contributed by atoms with Crippen molar-refractivity contribution in [2.24, 2.45) is 0 Å². The molecule has 1 N–H and O–H groups in total. The van der Waals surface area contributed by atoms with Crippen molar-refractivity contribution in [3.63, 3.8) is 0 Å². The van der Waals surface area contributed by atoms with Gasteiger partial charge in [0.25, 0.3) is 0 Å². The molecule has 0 saturated heterocycles. The molecule has 0 bridgehead atoms. The molecule has 4 heteroatoms. The van der Waals surface area contributed by atoms with Crippen molar-refractivity contribution in [1.82, 2.24) is 0 Å². The van der Waals surface area contributed by atoms with E-state index in [1.165, 1.54) is 0 Å². The first-order valence-electron chi connectivity index (χ1n) is 5.42. The maximum absolute atomic E-state index is 8.85. The summed E-state index contributed by atoms with van der Waals surface area (Å²) in [5.41, 5.74) is 2.07. The van der Waals surface area contributed by atoms with Gasteiger partial charge in [-0.25, -0.2) is 0 Å². The van der Waals surface area contributed by atoms with E-state index in [2.05, 4.69) is 0 Å². The molecule has 0 amide bonds. The lowest BCUT2D eigenvalue weighted by Crippen LogP contribution is -2.17. The van der Waals surface area contributed by atoms with Crippen LogP contribution in [-0.4, -0.2) is 24.9 Å². The van der Waals surface area contributed by atoms with Gasteiger partial charge in [-0.15, -0.1) is 0 Å². The number of benzene rings is 1. The molecule has 1 aliphatic heterocycles. The van der Waals surface area contributed by atoms with E-state index in [0.717, 1.165) is 29.0 Å². The number of aliphatic hydroxyl groups is 1. The summed E-state index contributed by atoms with van der Waals surface area (Å²) in [6, 6.07) is 1.80. The molecule has 2 rings (SSSR count). The van der Waals surface area contributed by atoms with E-state index in [9.17, 15) is 0 Å². The Hall–Kier alpha value is -0.930. The molecular weight excluding hydrogens is 228 g/mol. The van der Waals surface area contributed by atoms with Gasteiger partial charge in [0.1, 0.15) is 13.2 Å². The maximum Gasteiger partial charge on any atom is 0.164 e. The summed E-state index contributed by atoms with van der Waals surface area (Å²) in [5.74, 6) is 1.52. The van der Waals surface area contributed by atoms with E-state index in [4.69, 9.17) is 26.2 Å². The summed E-state index contributed by atoms with van der Waals surface area (Å²) < 4.78 is 11.1. The fraction of sp³-hybridized carbons (Fsp3) is 0.500. The van der Waals surface area contributed by atoms with Crippen LogP contribution < -0.4 is 9.47 Å². The Kier molecular flexibility index (Phi) is 3.56. The molecule has 0 atom stereocenters. The van der Waals surface area contributed by atoms with E-state index in [1.54, 1.807) is 6.07 Å². The fourth-order valence-corrected chi connectivity index (χ4v) is 2.25. The molecule has 1 aromatic rings. The predicted octanol–water partition coefficient (Wildman–Crippen LogP) is 2.34. The summed E-state index contributed by atoms with van der Waals surface area (Å²) in [6.45, 7) is 3.30. The highest BCUT2D eigenvalue weighted by atomic mass is 35.5. The summed E-state index contributed by atoms with van der Waals surface area (Å²) in [7, 11) is 0. The molecular formula is C12H15ClO3. The third kappa shape index (κ3) is 2.11. The normalized spacial score (nSPS) is 13.9. The quantitative estimate of drug-likeness (QED) is 0.884. The molecule has 0 spiro atoms. The average Bonchev–Trinajstić information content (AvgIpc) is 2.29. The molecule has 0 aromatic heterocycles. The summed E-state index contributed by atoms with van der Waals surface area (Å²) >= 11 is 6.19. The van der Waals surface area contributed by atoms with Crippen LogP contribution >= 0.6 is 11.6 Å². The van der Waals surface area contributed by atoms with E-state index in [-0.39, 0.29) is 6.61 Å². The second-order valence-corrected chi connectivity index (χ2v) is 4.22. The van der Waals surface area contributed by atoms with Gasteiger partial charge in [0.2, 0.25) is 0 Å². The highest BCUT2D eigenvalue weighted by molar-refractivity contribution is 6.31. The molecule has 0 aliphatic carbocycles. The lowest BCUT2D eigenvalue weighted by molar-refractivity contribution is 0.170. The summed E-state index contributed by atoms with van der Waals surface area (Å²) in [4.78, 5) is 0. The second kappa shape index (κ2) is 4.93. The van der Waals surface area contributed by atoms with E-state index < -0.39 is 0 Å². The summed E-state index contributed by atoms with van der Waals surface area (Å²) in [5, 5.41) is 9.54. The molecule has 1 heterocycles. The van der Waals surface area contributed by atoms with Gasteiger partial charge in [-0.05, 0) is 30.9 Å². The lowest BCUT2D eigenvalue weighted by Gasteiger charge is -2.22. The third-order valence-corrected chi connectivity index (χ3v) is 3.07. The van der Waals surface area contributed by atoms with E-state index >= 15 is 0 Å².